The standard InChI is InChI=1S/C51H32N4O/c1-4-14-33(15-5-1)34-24-26-37(27-25-34)50-52-49(36-18-8-3-9-19-36)53-51(54-50)55-44-22-12-10-20-40(44)43-30-38(28-29-45(43)55)39-31-42(35-16-6-2-7-17-35)48-41-21-11-13-23-46(41)56-47(48)32-39/h1-32H. The normalized spacial score (nSPS) is 11.6. The van der Waals surface area contributed by atoms with E-state index in [4.69, 9.17) is 19.4 Å². The fourth-order valence-electron chi connectivity index (χ4n) is 7.99. The first-order valence-corrected chi connectivity index (χ1v) is 18.8. The molecule has 0 atom stereocenters. The summed E-state index contributed by atoms with van der Waals surface area (Å²) in [6, 6.07) is 67.5. The van der Waals surface area contributed by atoms with Crippen molar-refractivity contribution in [1.82, 2.24) is 19.5 Å². The maximum Gasteiger partial charge on any atom is 0.238 e. The van der Waals surface area contributed by atoms with Crippen LogP contribution in [0.3, 0.4) is 0 Å². The van der Waals surface area contributed by atoms with Gasteiger partial charge in [-0.3, -0.25) is 4.57 Å². The summed E-state index contributed by atoms with van der Waals surface area (Å²) in [5.74, 6) is 1.80. The van der Waals surface area contributed by atoms with Gasteiger partial charge < -0.3 is 4.42 Å². The Bertz CT molecular complexity index is 3220. The topological polar surface area (TPSA) is 56.7 Å². The quantitative estimate of drug-likeness (QED) is 0.172. The highest BCUT2D eigenvalue weighted by Gasteiger charge is 2.20. The van der Waals surface area contributed by atoms with Crippen molar-refractivity contribution in [3.05, 3.63) is 194 Å². The Hall–Kier alpha value is -7.63. The van der Waals surface area contributed by atoms with Gasteiger partial charge in [-0.2, -0.15) is 9.97 Å². The van der Waals surface area contributed by atoms with Crippen LogP contribution in [0.4, 0.5) is 0 Å². The van der Waals surface area contributed by atoms with E-state index in [9.17, 15) is 0 Å². The third-order valence-electron chi connectivity index (χ3n) is 10.7. The van der Waals surface area contributed by atoms with Crippen LogP contribution in [0.25, 0.3) is 106 Å². The van der Waals surface area contributed by atoms with Gasteiger partial charge in [0.05, 0.1) is 11.0 Å². The highest BCUT2D eigenvalue weighted by atomic mass is 16.3. The van der Waals surface area contributed by atoms with Gasteiger partial charge >= 0.3 is 0 Å². The van der Waals surface area contributed by atoms with Gasteiger partial charge in [0.25, 0.3) is 0 Å². The summed E-state index contributed by atoms with van der Waals surface area (Å²) in [4.78, 5) is 15.4. The van der Waals surface area contributed by atoms with Crippen molar-refractivity contribution in [1.29, 1.82) is 0 Å². The lowest BCUT2D eigenvalue weighted by Gasteiger charge is -2.12. The van der Waals surface area contributed by atoms with Gasteiger partial charge in [0.15, 0.2) is 11.6 Å². The number of hydrogen-bond acceptors (Lipinski definition) is 4. The number of benzene rings is 8. The van der Waals surface area contributed by atoms with Crippen molar-refractivity contribution >= 4 is 43.7 Å². The molecule has 0 saturated carbocycles. The molecule has 5 heteroatoms. The van der Waals surface area contributed by atoms with Gasteiger partial charge in [-0.05, 0) is 69.8 Å². The van der Waals surface area contributed by atoms with Crippen molar-refractivity contribution < 1.29 is 4.42 Å². The van der Waals surface area contributed by atoms with E-state index in [0.29, 0.717) is 17.6 Å². The highest BCUT2D eigenvalue weighted by molar-refractivity contribution is 6.14. The Morgan fingerprint density at radius 3 is 1.61 bits per heavy atom. The Morgan fingerprint density at radius 2 is 0.875 bits per heavy atom. The Morgan fingerprint density at radius 1 is 0.339 bits per heavy atom. The predicted molar refractivity (Wildman–Crippen MR) is 229 cm³/mol. The van der Waals surface area contributed by atoms with Gasteiger partial charge in [-0.1, -0.05) is 158 Å². The minimum atomic E-state index is 0.565. The monoisotopic (exact) mass is 716 g/mol. The molecular formula is C51H32N4O. The van der Waals surface area contributed by atoms with Gasteiger partial charge in [-0.25, -0.2) is 4.98 Å². The third kappa shape index (κ3) is 5.37. The van der Waals surface area contributed by atoms with Crippen molar-refractivity contribution in [3.63, 3.8) is 0 Å². The molecular weight excluding hydrogens is 685 g/mol. The number of hydrogen-bond donors (Lipinski definition) is 0. The fourth-order valence-corrected chi connectivity index (χ4v) is 7.99. The smallest absolute Gasteiger partial charge is 0.238 e. The van der Waals surface area contributed by atoms with Crippen LogP contribution in [0.1, 0.15) is 0 Å². The van der Waals surface area contributed by atoms with Crippen LogP contribution in [0, 0.1) is 0 Å². The van der Waals surface area contributed by atoms with Crippen LogP contribution >= 0.6 is 0 Å². The van der Waals surface area contributed by atoms with Crippen LogP contribution in [-0.4, -0.2) is 19.5 Å². The number of rotatable bonds is 6. The first kappa shape index (κ1) is 31.9. The Balaban J connectivity index is 1.10. The average Bonchev–Trinajstić information content (AvgIpc) is 3.82. The number of fused-ring (bicyclic) bond motifs is 6. The Labute approximate surface area is 322 Å². The third-order valence-corrected chi connectivity index (χ3v) is 10.7. The average molecular weight is 717 g/mol. The largest absolute Gasteiger partial charge is 0.456 e. The summed E-state index contributed by atoms with van der Waals surface area (Å²) in [6.07, 6.45) is 0. The van der Waals surface area contributed by atoms with E-state index in [-0.39, 0.29) is 0 Å². The van der Waals surface area contributed by atoms with E-state index in [2.05, 4.69) is 150 Å². The molecule has 0 amide bonds. The summed E-state index contributed by atoms with van der Waals surface area (Å²) in [5, 5.41) is 4.47. The lowest BCUT2D eigenvalue weighted by molar-refractivity contribution is 0.669. The van der Waals surface area contributed by atoms with E-state index >= 15 is 0 Å². The molecule has 5 nitrogen and oxygen atoms in total. The number of para-hydroxylation sites is 2. The SMILES string of the molecule is c1ccc(-c2ccc(-c3nc(-c4ccccc4)nc(-n4c5ccccc5c5cc(-c6cc(-c7ccccc7)c7c(c6)oc6ccccc67)ccc54)n3)cc2)cc1. The zero-order chi connectivity index (χ0) is 37.0. The maximum absolute atomic E-state index is 6.49. The van der Waals surface area contributed by atoms with E-state index < -0.39 is 0 Å². The first-order valence-electron chi connectivity index (χ1n) is 18.8. The molecule has 0 aliphatic heterocycles. The van der Waals surface area contributed by atoms with E-state index in [1.807, 2.05) is 48.5 Å². The van der Waals surface area contributed by atoms with Crippen LogP contribution in [0.2, 0.25) is 0 Å². The molecule has 0 fully saturated rings. The lowest BCUT2D eigenvalue weighted by atomic mass is 9.94. The molecule has 3 aromatic heterocycles. The molecule has 8 aromatic carbocycles. The van der Waals surface area contributed by atoms with E-state index in [0.717, 1.165) is 82.7 Å². The molecule has 0 aliphatic rings. The number of aromatic nitrogens is 4. The zero-order valence-corrected chi connectivity index (χ0v) is 30.2. The molecule has 0 radical (unpaired) electrons. The molecule has 262 valence electrons. The van der Waals surface area contributed by atoms with E-state index in [1.54, 1.807) is 0 Å². The van der Waals surface area contributed by atoms with Gasteiger partial charge in [0, 0.05) is 32.7 Å². The second-order valence-electron chi connectivity index (χ2n) is 14.0. The first-order chi connectivity index (χ1) is 27.7. The second-order valence-corrected chi connectivity index (χ2v) is 14.0. The number of nitrogens with zero attached hydrogens (tertiary/aromatic N) is 4. The van der Waals surface area contributed by atoms with Crippen LogP contribution < -0.4 is 0 Å². The molecule has 0 N–H and O–H groups in total. The van der Waals surface area contributed by atoms with Gasteiger partial charge in [-0.15, -0.1) is 0 Å². The molecule has 56 heavy (non-hydrogen) atoms. The summed E-state index contributed by atoms with van der Waals surface area (Å²) >= 11 is 0. The molecule has 11 aromatic rings. The summed E-state index contributed by atoms with van der Waals surface area (Å²) in [5.41, 5.74) is 12.4. The van der Waals surface area contributed by atoms with E-state index in [1.165, 1.54) is 5.56 Å². The summed E-state index contributed by atoms with van der Waals surface area (Å²) < 4.78 is 8.66. The summed E-state index contributed by atoms with van der Waals surface area (Å²) in [6.45, 7) is 0. The predicted octanol–water partition coefficient (Wildman–Crippen LogP) is 13.2. The van der Waals surface area contributed by atoms with Crippen molar-refractivity contribution in [2.45, 2.75) is 0 Å². The molecule has 11 rings (SSSR count). The lowest BCUT2D eigenvalue weighted by Crippen LogP contribution is -2.06. The number of furan rings is 1. The van der Waals surface area contributed by atoms with Crippen molar-refractivity contribution in [2.24, 2.45) is 0 Å². The summed E-state index contributed by atoms with van der Waals surface area (Å²) in [7, 11) is 0. The van der Waals surface area contributed by atoms with Crippen molar-refractivity contribution in [2.75, 3.05) is 0 Å². The minimum Gasteiger partial charge on any atom is -0.456 e. The molecule has 0 aliphatic carbocycles. The maximum atomic E-state index is 6.49. The van der Waals surface area contributed by atoms with Gasteiger partial charge in [0.2, 0.25) is 5.95 Å². The minimum absolute atomic E-state index is 0.565. The van der Waals surface area contributed by atoms with Crippen molar-refractivity contribution in [3.8, 4) is 62.1 Å². The molecule has 0 saturated heterocycles. The fraction of sp³-hybridized carbons (Fsp3) is 0. The molecule has 0 spiro atoms. The second kappa shape index (κ2) is 13.0. The molecule has 3 heterocycles. The van der Waals surface area contributed by atoms with Crippen LogP contribution in [0.5, 0.6) is 0 Å². The molecule has 0 unspecified atom stereocenters. The van der Waals surface area contributed by atoms with Crippen LogP contribution in [0.15, 0.2) is 199 Å². The Kier molecular flexibility index (Phi) is 7.42. The van der Waals surface area contributed by atoms with Gasteiger partial charge in [0.1, 0.15) is 11.2 Å². The molecule has 0 bridgehead atoms. The van der Waals surface area contributed by atoms with Crippen LogP contribution in [-0.2, 0) is 0 Å². The zero-order valence-electron chi connectivity index (χ0n) is 30.2. The highest BCUT2D eigenvalue weighted by Crippen LogP contribution is 2.41.